The minimum absolute atomic E-state index is 0.230. The maximum atomic E-state index is 12.9. The zero-order valence-corrected chi connectivity index (χ0v) is 10.5. The maximum Gasteiger partial charge on any atom is 0.241 e. The molecule has 0 spiro atoms. The molecule has 0 aliphatic rings. The molecule has 17 heavy (non-hydrogen) atoms. The molecule has 0 unspecified atom stereocenters. The Balaban J connectivity index is 3.04. The molecular formula is C11H15F2NO2S. The van der Waals surface area contributed by atoms with Crippen molar-refractivity contribution in [2.24, 2.45) is 0 Å². The molecule has 0 atom stereocenters. The van der Waals surface area contributed by atoms with Gasteiger partial charge in [0.25, 0.3) is 0 Å². The second-order valence-electron chi connectivity index (χ2n) is 3.74. The zero-order chi connectivity index (χ0) is 13.1. The molecule has 0 aromatic heterocycles. The number of hydrogen-bond acceptors (Lipinski definition) is 2. The number of benzene rings is 1. The van der Waals surface area contributed by atoms with Gasteiger partial charge < -0.3 is 0 Å². The topological polar surface area (TPSA) is 46.2 Å². The van der Waals surface area contributed by atoms with Crippen molar-refractivity contribution in [1.82, 2.24) is 4.72 Å². The fraction of sp³-hybridized carbons (Fsp3) is 0.455. The van der Waals surface area contributed by atoms with Crippen LogP contribution in [0.4, 0.5) is 8.78 Å². The monoisotopic (exact) mass is 263 g/mol. The van der Waals surface area contributed by atoms with Crippen LogP contribution in [0.1, 0.15) is 26.7 Å². The van der Waals surface area contributed by atoms with E-state index in [1.165, 1.54) is 0 Å². The van der Waals surface area contributed by atoms with E-state index in [0.29, 0.717) is 18.9 Å². The van der Waals surface area contributed by atoms with Crippen LogP contribution in [0, 0.1) is 11.6 Å². The van der Waals surface area contributed by atoms with Gasteiger partial charge in [-0.2, -0.15) is 0 Å². The predicted octanol–water partition coefficient (Wildman–Crippen LogP) is 2.43. The molecule has 1 aromatic carbocycles. The molecule has 1 N–H and O–H groups in total. The van der Waals surface area contributed by atoms with Gasteiger partial charge in [-0.15, -0.1) is 0 Å². The SMILES string of the molecule is CCC(CC)NS(=O)(=O)c1cc(F)cc(F)c1. The van der Waals surface area contributed by atoms with Crippen molar-refractivity contribution in [2.75, 3.05) is 0 Å². The zero-order valence-electron chi connectivity index (χ0n) is 9.70. The third-order valence-electron chi connectivity index (χ3n) is 2.45. The molecule has 0 aliphatic carbocycles. The largest absolute Gasteiger partial charge is 0.241 e. The first kappa shape index (κ1) is 14.1. The van der Waals surface area contributed by atoms with Crippen LogP contribution in [-0.2, 0) is 10.0 Å². The number of hydrogen-bond donors (Lipinski definition) is 1. The molecule has 0 saturated heterocycles. The Kier molecular flexibility index (Phi) is 4.59. The molecule has 0 heterocycles. The van der Waals surface area contributed by atoms with Crippen molar-refractivity contribution in [3.63, 3.8) is 0 Å². The average molecular weight is 263 g/mol. The summed E-state index contributed by atoms with van der Waals surface area (Å²) in [4.78, 5) is -0.387. The number of sulfonamides is 1. The van der Waals surface area contributed by atoms with Crippen LogP contribution in [0.3, 0.4) is 0 Å². The van der Waals surface area contributed by atoms with Crippen LogP contribution in [0.15, 0.2) is 23.1 Å². The molecule has 0 bridgehead atoms. The summed E-state index contributed by atoms with van der Waals surface area (Å²) in [5, 5.41) is 0. The van der Waals surface area contributed by atoms with Gasteiger partial charge in [-0.3, -0.25) is 0 Å². The quantitative estimate of drug-likeness (QED) is 0.886. The minimum Gasteiger partial charge on any atom is -0.208 e. The van der Waals surface area contributed by atoms with Crippen molar-refractivity contribution in [2.45, 2.75) is 37.6 Å². The van der Waals surface area contributed by atoms with Gasteiger partial charge in [-0.25, -0.2) is 21.9 Å². The van der Waals surface area contributed by atoms with Gasteiger partial charge >= 0.3 is 0 Å². The Morgan fingerprint density at radius 2 is 1.59 bits per heavy atom. The van der Waals surface area contributed by atoms with Gasteiger partial charge in [-0.1, -0.05) is 13.8 Å². The minimum atomic E-state index is -3.86. The third-order valence-corrected chi connectivity index (χ3v) is 3.95. The van der Waals surface area contributed by atoms with Crippen LogP contribution >= 0.6 is 0 Å². The molecule has 1 aromatic rings. The highest BCUT2D eigenvalue weighted by Gasteiger charge is 2.19. The first-order chi connectivity index (χ1) is 7.89. The fourth-order valence-electron chi connectivity index (χ4n) is 1.43. The lowest BCUT2D eigenvalue weighted by Crippen LogP contribution is -2.33. The summed E-state index contributed by atoms with van der Waals surface area (Å²) in [7, 11) is -3.86. The Bertz CT molecular complexity index is 464. The standard InChI is InChI=1S/C11H15F2NO2S/c1-3-10(4-2)14-17(15,16)11-6-8(12)5-9(13)7-11/h5-7,10,14H,3-4H2,1-2H3. The second kappa shape index (κ2) is 5.55. The number of halogens is 2. The first-order valence-corrected chi connectivity index (χ1v) is 6.85. The summed E-state index contributed by atoms with van der Waals surface area (Å²) >= 11 is 0. The van der Waals surface area contributed by atoms with Gasteiger partial charge in [-0.05, 0) is 25.0 Å². The molecule has 6 heteroatoms. The Hall–Kier alpha value is -1.01. The predicted molar refractivity (Wildman–Crippen MR) is 61.0 cm³/mol. The lowest BCUT2D eigenvalue weighted by atomic mass is 10.2. The van der Waals surface area contributed by atoms with E-state index in [1.54, 1.807) is 0 Å². The van der Waals surface area contributed by atoms with Crippen molar-refractivity contribution >= 4 is 10.0 Å². The Labute approximate surface area is 99.9 Å². The van der Waals surface area contributed by atoms with Crippen LogP contribution < -0.4 is 4.72 Å². The summed E-state index contributed by atoms with van der Waals surface area (Å²) in [6, 6.07) is 2.00. The molecule has 1 rings (SSSR count). The smallest absolute Gasteiger partial charge is 0.208 e. The van der Waals surface area contributed by atoms with E-state index in [2.05, 4.69) is 4.72 Å². The van der Waals surface area contributed by atoms with E-state index in [-0.39, 0.29) is 10.9 Å². The molecule has 96 valence electrons. The molecule has 0 fully saturated rings. The first-order valence-electron chi connectivity index (χ1n) is 5.37. The summed E-state index contributed by atoms with van der Waals surface area (Å²) in [5.41, 5.74) is 0. The van der Waals surface area contributed by atoms with Crippen LogP contribution in [0.5, 0.6) is 0 Å². The van der Waals surface area contributed by atoms with Gasteiger partial charge in [0.15, 0.2) is 0 Å². The van der Waals surface area contributed by atoms with Gasteiger partial charge in [0, 0.05) is 12.1 Å². The highest BCUT2D eigenvalue weighted by Crippen LogP contribution is 2.14. The number of nitrogens with one attached hydrogen (secondary N) is 1. The molecule has 0 amide bonds. The summed E-state index contributed by atoms with van der Waals surface area (Å²) < 4.78 is 51.9. The fourth-order valence-corrected chi connectivity index (χ4v) is 2.87. The van der Waals surface area contributed by atoms with Crippen molar-refractivity contribution in [3.8, 4) is 0 Å². The van der Waals surface area contributed by atoms with E-state index in [0.717, 1.165) is 12.1 Å². The summed E-state index contributed by atoms with van der Waals surface area (Å²) in [5.74, 6) is -1.81. The Morgan fingerprint density at radius 1 is 1.12 bits per heavy atom. The third kappa shape index (κ3) is 3.74. The normalized spacial score (nSPS) is 12.1. The van der Waals surface area contributed by atoms with Crippen molar-refractivity contribution in [1.29, 1.82) is 0 Å². The highest BCUT2D eigenvalue weighted by molar-refractivity contribution is 7.89. The Morgan fingerprint density at radius 3 is 2.00 bits per heavy atom. The van der Waals surface area contributed by atoms with Crippen molar-refractivity contribution < 1.29 is 17.2 Å². The van der Waals surface area contributed by atoms with Crippen LogP contribution in [-0.4, -0.2) is 14.5 Å². The van der Waals surface area contributed by atoms with E-state index in [1.807, 2.05) is 13.8 Å². The van der Waals surface area contributed by atoms with E-state index >= 15 is 0 Å². The van der Waals surface area contributed by atoms with Gasteiger partial charge in [0.05, 0.1) is 4.90 Å². The van der Waals surface area contributed by atoms with Crippen molar-refractivity contribution in [3.05, 3.63) is 29.8 Å². The van der Waals surface area contributed by atoms with Gasteiger partial charge in [0.2, 0.25) is 10.0 Å². The van der Waals surface area contributed by atoms with E-state index < -0.39 is 21.7 Å². The number of rotatable bonds is 5. The summed E-state index contributed by atoms with van der Waals surface area (Å²) in [6.45, 7) is 3.67. The molecule has 3 nitrogen and oxygen atoms in total. The summed E-state index contributed by atoms with van der Waals surface area (Å²) in [6.07, 6.45) is 1.24. The highest BCUT2D eigenvalue weighted by atomic mass is 32.2. The van der Waals surface area contributed by atoms with E-state index in [4.69, 9.17) is 0 Å². The molecule has 0 saturated carbocycles. The maximum absolute atomic E-state index is 12.9. The lowest BCUT2D eigenvalue weighted by molar-refractivity contribution is 0.526. The molecule has 0 radical (unpaired) electrons. The van der Waals surface area contributed by atoms with Gasteiger partial charge in [0.1, 0.15) is 11.6 Å². The second-order valence-corrected chi connectivity index (χ2v) is 5.45. The van der Waals surface area contributed by atoms with E-state index in [9.17, 15) is 17.2 Å². The van der Waals surface area contributed by atoms with Crippen LogP contribution in [0.2, 0.25) is 0 Å². The molecular weight excluding hydrogens is 248 g/mol. The van der Waals surface area contributed by atoms with Crippen LogP contribution in [0.25, 0.3) is 0 Å². The average Bonchev–Trinajstić information content (AvgIpc) is 2.24. The lowest BCUT2D eigenvalue weighted by Gasteiger charge is -2.15. The molecule has 0 aliphatic heterocycles.